The van der Waals surface area contributed by atoms with Crippen molar-refractivity contribution in [2.24, 2.45) is 0 Å². The predicted molar refractivity (Wildman–Crippen MR) is 131 cm³/mol. The van der Waals surface area contributed by atoms with Crippen LogP contribution in [0.3, 0.4) is 0 Å². The molecule has 11 heteroatoms. The minimum atomic E-state index is -0.533. The van der Waals surface area contributed by atoms with Gasteiger partial charge in [-0.15, -0.1) is 0 Å². The number of hydrogen-bond donors (Lipinski definition) is 3. The fourth-order valence-corrected chi connectivity index (χ4v) is 3.39. The standard InChI is InChI=1S/C22H27Cl3N4O4/c1-22(2,3)33-21(31)28-7-4-9-32-10-8-27-20(30)17-6-5-14(19(26)29-17)15-11-13(23)12-16(24)18(15)25/h5-6,11-12H,4,7-10H2,1-3H3,(H2,26,29)(H,27,30)(H,28,31). The second-order valence-corrected chi connectivity index (χ2v) is 9.25. The Morgan fingerprint density at radius 2 is 1.76 bits per heavy atom. The molecule has 0 bridgehead atoms. The van der Waals surface area contributed by atoms with Crippen molar-refractivity contribution < 1.29 is 19.1 Å². The molecule has 33 heavy (non-hydrogen) atoms. The normalized spacial score (nSPS) is 11.2. The molecule has 4 N–H and O–H groups in total. The van der Waals surface area contributed by atoms with E-state index < -0.39 is 17.6 Å². The van der Waals surface area contributed by atoms with E-state index in [-0.39, 0.29) is 18.1 Å². The third-order valence-electron chi connectivity index (χ3n) is 4.11. The highest BCUT2D eigenvalue weighted by Crippen LogP contribution is 2.38. The molecular weight excluding hydrogens is 491 g/mol. The Hall–Kier alpha value is -2.26. The van der Waals surface area contributed by atoms with Crippen molar-refractivity contribution in [3.8, 4) is 11.1 Å². The number of ether oxygens (including phenoxy) is 2. The van der Waals surface area contributed by atoms with Gasteiger partial charge in [0.1, 0.15) is 17.1 Å². The minimum absolute atomic E-state index is 0.122. The molecule has 1 aromatic carbocycles. The maximum Gasteiger partial charge on any atom is 0.407 e. The van der Waals surface area contributed by atoms with Crippen LogP contribution >= 0.6 is 34.8 Å². The molecule has 2 aromatic rings. The van der Waals surface area contributed by atoms with E-state index in [0.717, 1.165) is 0 Å². The number of aromatic nitrogens is 1. The van der Waals surface area contributed by atoms with Gasteiger partial charge in [-0.2, -0.15) is 0 Å². The number of alkyl carbamates (subject to hydrolysis) is 1. The van der Waals surface area contributed by atoms with Crippen molar-refractivity contribution in [3.63, 3.8) is 0 Å². The summed E-state index contributed by atoms with van der Waals surface area (Å²) >= 11 is 18.4. The summed E-state index contributed by atoms with van der Waals surface area (Å²) in [6.45, 7) is 6.85. The van der Waals surface area contributed by atoms with Gasteiger partial charge in [-0.05, 0) is 51.5 Å². The average molecular weight is 518 g/mol. The maximum absolute atomic E-state index is 12.3. The first kappa shape index (κ1) is 27.0. The highest BCUT2D eigenvalue weighted by atomic mass is 35.5. The van der Waals surface area contributed by atoms with E-state index >= 15 is 0 Å². The second kappa shape index (κ2) is 12.3. The molecule has 0 atom stereocenters. The van der Waals surface area contributed by atoms with E-state index in [0.29, 0.717) is 52.4 Å². The third-order valence-corrected chi connectivity index (χ3v) is 5.13. The number of nitrogens with one attached hydrogen (secondary N) is 2. The number of benzene rings is 1. The van der Waals surface area contributed by atoms with Crippen molar-refractivity contribution in [2.75, 3.05) is 32.0 Å². The number of anilines is 1. The Morgan fingerprint density at radius 1 is 1.03 bits per heavy atom. The summed E-state index contributed by atoms with van der Waals surface area (Å²) in [6.07, 6.45) is 0.149. The lowest BCUT2D eigenvalue weighted by atomic mass is 10.1. The lowest BCUT2D eigenvalue weighted by molar-refractivity contribution is 0.0519. The van der Waals surface area contributed by atoms with Gasteiger partial charge in [0.05, 0.1) is 16.7 Å². The number of amides is 2. The number of carbonyl (C=O) groups is 2. The fourth-order valence-electron chi connectivity index (χ4n) is 2.69. The summed E-state index contributed by atoms with van der Waals surface area (Å²) < 4.78 is 10.6. The molecular formula is C22H27Cl3N4O4. The quantitative estimate of drug-likeness (QED) is 0.320. The molecule has 0 unspecified atom stereocenters. The van der Waals surface area contributed by atoms with Crippen LogP contribution < -0.4 is 16.4 Å². The van der Waals surface area contributed by atoms with Gasteiger partial charge in [0.15, 0.2) is 0 Å². The average Bonchev–Trinajstić information content (AvgIpc) is 2.71. The number of rotatable bonds is 9. The van der Waals surface area contributed by atoms with Crippen molar-refractivity contribution >= 4 is 52.6 Å². The smallest absolute Gasteiger partial charge is 0.407 e. The Morgan fingerprint density at radius 3 is 2.42 bits per heavy atom. The summed E-state index contributed by atoms with van der Waals surface area (Å²) in [5, 5.41) is 6.35. The number of hydrogen-bond acceptors (Lipinski definition) is 6. The molecule has 0 fully saturated rings. The van der Waals surface area contributed by atoms with Crippen LogP contribution in [0.1, 0.15) is 37.7 Å². The van der Waals surface area contributed by atoms with Crippen molar-refractivity contribution in [2.45, 2.75) is 32.8 Å². The Balaban J connectivity index is 1.75. The first-order valence-electron chi connectivity index (χ1n) is 10.2. The SMILES string of the molecule is CC(C)(C)OC(=O)NCCCOCCNC(=O)c1ccc(-c2cc(Cl)cc(Cl)c2Cl)c(N)n1. The number of nitrogens with two attached hydrogens (primary N) is 1. The lowest BCUT2D eigenvalue weighted by Gasteiger charge is -2.19. The van der Waals surface area contributed by atoms with Crippen molar-refractivity contribution in [1.82, 2.24) is 15.6 Å². The van der Waals surface area contributed by atoms with Gasteiger partial charge in [0, 0.05) is 35.8 Å². The zero-order valence-electron chi connectivity index (χ0n) is 18.6. The molecule has 1 heterocycles. The molecule has 0 radical (unpaired) electrons. The number of pyridine rings is 1. The van der Waals surface area contributed by atoms with Gasteiger partial charge in [0.2, 0.25) is 0 Å². The van der Waals surface area contributed by atoms with Gasteiger partial charge in [0.25, 0.3) is 5.91 Å². The molecule has 0 aliphatic heterocycles. The number of carbonyl (C=O) groups excluding carboxylic acids is 2. The van der Waals surface area contributed by atoms with Gasteiger partial charge in [-0.3, -0.25) is 4.79 Å². The molecule has 0 aliphatic rings. The summed E-state index contributed by atoms with van der Waals surface area (Å²) in [5.74, 6) is -0.268. The second-order valence-electron chi connectivity index (χ2n) is 8.03. The van der Waals surface area contributed by atoms with E-state index in [1.54, 1.807) is 32.9 Å². The van der Waals surface area contributed by atoms with Crippen LogP contribution in [0, 0.1) is 0 Å². The number of nitrogen functional groups attached to an aromatic ring is 1. The maximum atomic E-state index is 12.3. The predicted octanol–water partition coefficient (Wildman–Crippen LogP) is 4.95. The largest absolute Gasteiger partial charge is 0.444 e. The highest BCUT2D eigenvalue weighted by Gasteiger charge is 2.16. The first-order chi connectivity index (χ1) is 15.5. The molecule has 2 amide bonds. The van der Waals surface area contributed by atoms with Crippen LogP contribution in [0.4, 0.5) is 10.6 Å². The van der Waals surface area contributed by atoms with Gasteiger partial charge in [-0.1, -0.05) is 34.8 Å². The summed E-state index contributed by atoms with van der Waals surface area (Å²) in [6, 6.07) is 6.33. The topological polar surface area (TPSA) is 116 Å². The summed E-state index contributed by atoms with van der Waals surface area (Å²) in [4.78, 5) is 28.0. The highest BCUT2D eigenvalue weighted by molar-refractivity contribution is 6.45. The number of nitrogens with zero attached hydrogens (tertiary/aromatic N) is 1. The van der Waals surface area contributed by atoms with Crippen LogP contribution in [0.2, 0.25) is 15.1 Å². The van der Waals surface area contributed by atoms with E-state index in [4.69, 9.17) is 50.0 Å². The van der Waals surface area contributed by atoms with Crippen LogP contribution in [-0.4, -0.2) is 48.9 Å². The first-order valence-corrected chi connectivity index (χ1v) is 11.4. The molecule has 0 spiro atoms. The van der Waals surface area contributed by atoms with Gasteiger partial charge in [-0.25, -0.2) is 9.78 Å². The van der Waals surface area contributed by atoms with Crippen LogP contribution in [-0.2, 0) is 9.47 Å². The number of halogens is 3. The van der Waals surface area contributed by atoms with Crippen LogP contribution in [0.5, 0.6) is 0 Å². The van der Waals surface area contributed by atoms with E-state index in [2.05, 4.69) is 15.6 Å². The summed E-state index contributed by atoms with van der Waals surface area (Å²) in [5.41, 5.74) is 6.71. The Bertz CT molecular complexity index is 996. The van der Waals surface area contributed by atoms with Crippen molar-refractivity contribution in [3.05, 3.63) is 45.0 Å². The Labute approximate surface area is 208 Å². The molecule has 0 aliphatic carbocycles. The van der Waals surface area contributed by atoms with E-state index in [9.17, 15) is 9.59 Å². The fraction of sp³-hybridized carbons (Fsp3) is 0.409. The molecule has 8 nitrogen and oxygen atoms in total. The lowest BCUT2D eigenvalue weighted by Crippen LogP contribution is -2.33. The molecule has 2 rings (SSSR count). The Kier molecular flexibility index (Phi) is 10.0. The molecule has 0 saturated heterocycles. The molecule has 0 saturated carbocycles. The molecule has 180 valence electrons. The van der Waals surface area contributed by atoms with Crippen LogP contribution in [0.15, 0.2) is 24.3 Å². The van der Waals surface area contributed by atoms with E-state index in [1.165, 1.54) is 12.1 Å². The zero-order chi connectivity index (χ0) is 24.6. The summed E-state index contributed by atoms with van der Waals surface area (Å²) in [7, 11) is 0. The third kappa shape index (κ3) is 8.89. The van der Waals surface area contributed by atoms with Crippen molar-refractivity contribution in [1.29, 1.82) is 0 Å². The van der Waals surface area contributed by atoms with Crippen LogP contribution in [0.25, 0.3) is 11.1 Å². The molecule has 1 aromatic heterocycles. The van der Waals surface area contributed by atoms with Gasteiger partial charge >= 0.3 is 6.09 Å². The monoisotopic (exact) mass is 516 g/mol. The van der Waals surface area contributed by atoms with E-state index in [1.807, 2.05) is 0 Å². The van der Waals surface area contributed by atoms with Gasteiger partial charge < -0.3 is 25.8 Å². The minimum Gasteiger partial charge on any atom is -0.444 e. The zero-order valence-corrected chi connectivity index (χ0v) is 20.9.